The van der Waals surface area contributed by atoms with E-state index in [0.717, 1.165) is 23.6 Å². The van der Waals surface area contributed by atoms with Gasteiger partial charge in [0.15, 0.2) is 0 Å². The number of nitrogens with one attached hydrogen (secondary N) is 1. The van der Waals surface area contributed by atoms with Crippen LogP contribution in [0.15, 0.2) is 30.5 Å². The third kappa shape index (κ3) is 4.84. The number of rotatable bonds is 9. The molecule has 0 radical (unpaired) electrons. The van der Waals surface area contributed by atoms with E-state index in [4.69, 9.17) is 9.47 Å². The first-order chi connectivity index (χ1) is 10.3. The number of hydrogen-bond acceptors (Lipinski definition) is 5. The summed E-state index contributed by atoms with van der Waals surface area (Å²) < 4.78 is 12.4. The summed E-state index contributed by atoms with van der Waals surface area (Å²) in [7, 11) is 1.69. The molecule has 1 heterocycles. The predicted octanol–water partition coefficient (Wildman–Crippen LogP) is 1.46. The first-order valence-electron chi connectivity index (χ1n) is 7.13. The number of benzene rings is 1. The van der Waals surface area contributed by atoms with Crippen LogP contribution in [0.3, 0.4) is 0 Å². The maximum Gasteiger partial charge on any atom is 0.124 e. The second kappa shape index (κ2) is 8.39. The fraction of sp³-hybridized carbons (Fsp3) is 0.467. The molecule has 6 nitrogen and oxygen atoms in total. The third-order valence-corrected chi connectivity index (χ3v) is 2.98. The topological polar surface area (TPSA) is 61.2 Å². The van der Waals surface area contributed by atoms with Crippen LogP contribution in [-0.2, 0) is 17.8 Å². The minimum atomic E-state index is 0.654. The molecule has 0 unspecified atom stereocenters. The van der Waals surface area contributed by atoms with E-state index < -0.39 is 0 Å². The van der Waals surface area contributed by atoms with Crippen molar-refractivity contribution in [2.24, 2.45) is 0 Å². The van der Waals surface area contributed by atoms with Gasteiger partial charge in [-0.3, -0.25) is 0 Å². The monoisotopic (exact) mass is 290 g/mol. The number of aromatic nitrogens is 3. The van der Waals surface area contributed by atoms with Gasteiger partial charge < -0.3 is 14.8 Å². The molecular weight excluding hydrogens is 268 g/mol. The van der Waals surface area contributed by atoms with Gasteiger partial charge in [-0.25, -0.2) is 4.68 Å². The molecule has 0 saturated heterocycles. The molecule has 114 valence electrons. The number of hydrogen-bond donors (Lipinski definition) is 1. The molecule has 0 fully saturated rings. The van der Waals surface area contributed by atoms with Crippen molar-refractivity contribution < 1.29 is 9.47 Å². The Morgan fingerprint density at radius 3 is 2.95 bits per heavy atom. The first-order valence-corrected chi connectivity index (χ1v) is 7.13. The summed E-state index contributed by atoms with van der Waals surface area (Å²) in [5.74, 6) is 0.898. The van der Waals surface area contributed by atoms with Gasteiger partial charge in [0.25, 0.3) is 0 Å². The summed E-state index contributed by atoms with van der Waals surface area (Å²) >= 11 is 0. The molecule has 0 saturated carbocycles. The number of methoxy groups -OCH3 is 1. The highest BCUT2D eigenvalue weighted by atomic mass is 16.5. The van der Waals surface area contributed by atoms with E-state index in [1.54, 1.807) is 7.11 Å². The molecule has 2 rings (SSSR count). The lowest BCUT2D eigenvalue weighted by Gasteiger charge is -2.09. The number of para-hydroxylation sites is 1. The van der Waals surface area contributed by atoms with Crippen LogP contribution in [0.1, 0.15) is 18.2 Å². The van der Waals surface area contributed by atoms with Crippen molar-refractivity contribution in [2.75, 3.05) is 26.9 Å². The Labute approximate surface area is 125 Å². The van der Waals surface area contributed by atoms with E-state index in [-0.39, 0.29) is 0 Å². The van der Waals surface area contributed by atoms with Gasteiger partial charge in [-0.1, -0.05) is 23.4 Å². The average Bonchev–Trinajstić information content (AvgIpc) is 2.94. The van der Waals surface area contributed by atoms with Gasteiger partial charge in [0.2, 0.25) is 0 Å². The summed E-state index contributed by atoms with van der Waals surface area (Å²) in [4.78, 5) is 0. The van der Waals surface area contributed by atoms with Gasteiger partial charge in [-0.2, -0.15) is 0 Å². The highest BCUT2D eigenvalue weighted by Gasteiger charge is 2.05. The molecule has 0 spiro atoms. The normalized spacial score (nSPS) is 10.8. The molecule has 2 aromatic rings. The van der Waals surface area contributed by atoms with Gasteiger partial charge >= 0.3 is 0 Å². The quantitative estimate of drug-likeness (QED) is 0.709. The van der Waals surface area contributed by atoms with E-state index in [1.165, 1.54) is 0 Å². The second-order valence-electron chi connectivity index (χ2n) is 4.62. The van der Waals surface area contributed by atoms with E-state index in [9.17, 15) is 0 Å². The summed E-state index contributed by atoms with van der Waals surface area (Å²) in [6.07, 6.45) is 1.95. The van der Waals surface area contributed by atoms with Crippen LogP contribution in [0.2, 0.25) is 0 Å². The van der Waals surface area contributed by atoms with Crippen LogP contribution < -0.4 is 10.1 Å². The molecular formula is C15H22N4O2. The summed E-state index contributed by atoms with van der Waals surface area (Å²) in [5.41, 5.74) is 2.02. The van der Waals surface area contributed by atoms with E-state index in [1.807, 2.05) is 42.1 Å². The highest BCUT2D eigenvalue weighted by molar-refractivity contribution is 5.33. The van der Waals surface area contributed by atoms with Crippen LogP contribution in [0.4, 0.5) is 0 Å². The lowest BCUT2D eigenvalue weighted by atomic mass is 10.2. The molecule has 0 aliphatic carbocycles. The van der Waals surface area contributed by atoms with Crippen molar-refractivity contribution in [1.82, 2.24) is 20.3 Å². The minimum absolute atomic E-state index is 0.654. The van der Waals surface area contributed by atoms with Crippen LogP contribution in [0.5, 0.6) is 5.75 Å². The molecule has 0 atom stereocenters. The van der Waals surface area contributed by atoms with Crippen molar-refractivity contribution >= 4 is 0 Å². The number of ether oxygens (including phenoxy) is 2. The zero-order valence-electron chi connectivity index (χ0n) is 12.6. The molecule has 1 aromatic heterocycles. The second-order valence-corrected chi connectivity index (χ2v) is 4.62. The number of nitrogens with zero attached hydrogens (tertiary/aromatic N) is 3. The van der Waals surface area contributed by atoms with Crippen LogP contribution in [0, 0.1) is 0 Å². The van der Waals surface area contributed by atoms with Gasteiger partial charge in [0.05, 0.1) is 31.6 Å². The van der Waals surface area contributed by atoms with Crippen LogP contribution >= 0.6 is 0 Å². The minimum Gasteiger partial charge on any atom is -0.494 e. The van der Waals surface area contributed by atoms with Crippen molar-refractivity contribution in [1.29, 1.82) is 0 Å². The Balaban J connectivity index is 1.93. The maximum absolute atomic E-state index is 5.62. The first kappa shape index (κ1) is 15.5. The molecule has 21 heavy (non-hydrogen) atoms. The lowest BCUT2D eigenvalue weighted by molar-refractivity contribution is 0.199. The van der Waals surface area contributed by atoms with Gasteiger partial charge in [0, 0.05) is 25.8 Å². The molecule has 1 N–H and O–H groups in total. The summed E-state index contributed by atoms with van der Waals surface area (Å²) in [5, 5.41) is 11.6. The molecule has 0 amide bonds. The third-order valence-electron chi connectivity index (χ3n) is 2.98. The predicted molar refractivity (Wildman–Crippen MR) is 80.3 cm³/mol. The van der Waals surface area contributed by atoms with Crippen molar-refractivity contribution in [3.05, 3.63) is 41.7 Å². The maximum atomic E-state index is 5.62. The van der Waals surface area contributed by atoms with Gasteiger partial charge in [0.1, 0.15) is 5.75 Å². The van der Waals surface area contributed by atoms with Crippen molar-refractivity contribution in [3.63, 3.8) is 0 Å². The van der Waals surface area contributed by atoms with E-state index in [0.29, 0.717) is 26.3 Å². The SMILES string of the molecule is CCOc1ccccc1Cn1cc(CNCCOC)nn1. The Morgan fingerprint density at radius 2 is 2.14 bits per heavy atom. The fourth-order valence-corrected chi connectivity index (χ4v) is 1.99. The van der Waals surface area contributed by atoms with Crippen LogP contribution in [0.25, 0.3) is 0 Å². The van der Waals surface area contributed by atoms with E-state index >= 15 is 0 Å². The fourth-order valence-electron chi connectivity index (χ4n) is 1.99. The van der Waals surface area contributed by atoms with Crippen molar-refractivity contribution in [3.8, 4) is 5.75 Å². The molecule has 0 bridgehead atoms. The molecule has 6 heteroatoms. The summed E-state index contributed by atoms with van der Waals surface area (Å²) in [6.45, 7) is 5.48. The smallest absolute Gasteiger partial charge is 0.124 e. The summed E-state index contributed by atoms with van der Waals surface area (Å²) in [6, 6.07) is 8.00. The van der Waals surface area contributed by atoms with Crippen molar-refractivity contribution in [2.45, 2.75) is 20.0 Å². The zero-order chi connectivity index (χ0) is 14.9. The Hall–Kier alpha value is -1.92. The average molecular weight is 290 g/mol. The lowest BCUT2D eigenvalue weighted by Crippen LogP contribution is -2.18. The Bertz CT molecular complexity index is 542. The van der Waals surface area contributed by atoms with Gasteiger partial charge in [-0.05, 0) is 13.0 Å². The Morgan fingerprint density at radius 1 is 1.29 bits per heavy atom. The molecule has 0 aliphatic heterocycles. The molecule has 1 aromatic carbocycles. The largest absolute Gasteiger partial charge is 0.494 e. The van der Waals surface area contributed by atoms with Crippen LogP contribution in [-0.4, -0.2) is 41.9 Å². The Kier molecular flexibility index (Phi) is 6.18. The zero-order valence-corrected chi connectivity index (χ0v) is 12.6. The highest BCUT2D eigenvalue weighted by Crippen LogP contribution is 2.18. The van der Waals surface area contributed by atoms with Gasteiger partial charge in [-0.15, -0.1) is 5.10 Å². The molecule has 0 aliphatic rings. The standard InChI is InChI=1S/C15H22N4O2/c1-3-21-15-7-5-4-6-13(15)11-19-12-14(17-18-19)10-16-8-9-20-2/h4-7,12,16H,3,8-11H2,1-2H3. The van der Waals surface area contributed by atoms with E-state index in [2.05, 4.69) is 15.6 Å².